The fourth-order valence-corrected chi connectivity index (χ4v) is 12.1. The molecule has 0 saturated heterocycles. The summed E-state index contributed by atoms with van der Waals surface area (Å²) in [4.78, 5) is 5.03. The van der Waals surface area contributed by atoms with Gasteiger partial charge in [0.25, 0.3) is 13.4 Å². The summed E-state index contributed by atoms with van der Waals surface area (Å²) in [7, 11) is 0. The van der Waals surface area contributed by atoms with Crippen molar-refractivity contribution in [2.24, 2.45) is 0 Å². The molecule has 0 aliphatic carbocycles. The summed E-state index contributed by atoms with van der Waals surface area (Å²) in [6.45, 7) is -0.0842. The van der Waals surface area contributed by atoms with Gasteiger partial charge in [0.1, 0.15) is 22.3 Å². The SMILES string of the molecule is c1ccc(N2c3ccccc3B3c4c2cc2c5c4-n4c6c3cc3c7ccccc7oc3c6c3c6oc7ccccc7c6cc(c34)B5c3ccccc3N2c2ccccc2)cc1. The number of rotatable bonds is 2. The predicted octanol–water partition coefficient (Wildman–Crippen LogP) is 9.81. The van der Waals surface area contributed by atoms with E-state index in [1.165, 1.54) is 72.2 Å². The third kappa shape index (κ3) is 3.55. The van der Waals surface area contributed by atoms with Crippen molar-refractivity contribution in [3.05, 3.63) is 176 Å². The quantitative estimate of drug-likeness (QED) is 0.164. The minimum Gasteiger partial charge on any atom is -0.455 e. The number of aromatic nitrogens is 1. The Labute approximate surface area is 349 Å². The van der Waals surface area contributed by atoms with Gasteiger partial charge in [-0.2, -0.15) is 0 Å². The van der Waals surface area contributed by atoms with Crippen LogP contribution >= 0.6 is 0 Å². The number of anilines is 6. The van der Waals surface area contributed by atoms with Crippen molar-refractivity contribution in [3.8, 4) is 5.69 Å². The molecule has 16 rings (SSSR count). The smallest absolute Gasteiger partial charge is 0.252 e. The van der Waals surface area contributed by atoms with E-state index in [0.717, 1.165) is 66.0 Å². The van der Waals surface area contributed by atoms with Gasteiger partial charge in [0, 0.05) is 61.4 Å². The first kappa shape index (κ1) is 31.1. The normalized spacial score (nSPS) is 14.1. The molecule has 0 spiro atoms. The van der Waals surface area contributed by atoms with E-state index in [1.807, 2.05) is 0 Å². The molecule has 278 valence electrons. The van der Waals surface area contributed by atoms with E-state index in [2.05, 4.69) is 190 Å². The molecule has 9 aromatic carbocycles. The number of hydrogen-bond donors (Lipinski definition) is 0. The van der Waals surface area contributed by atoms with Gasteiger partial charge >= 0.3 is 0 Å². The van der Waals surface area contributed by atoms with Gasteiger partial charge < -0.3 is 23.2 Å². The van der Waals surface area contributed by atoms with Crippen LogP contribution in [0, 0.1) is 0 Å². The van der Waals surface area contributed by atoms with Crippen molar-refractivity contribution in [2.45, 2.75) is 0 Å². The zero-order chi connectivity index (χ0) is 39.2. The maximum Gasteiger partial charge on any atom is 0.252 e. The molecule has 12 aromatic rings. The molecule has 4 aliphatic rings. The molecule has 0 atom stereocenters. The molecule has 0 fully saturated rings. The maximum atomic E-state index is 7.08. The minimum atomic E-state index is -0.0421. The Kier molecular flexibility index (Phi) is 5.42. The zero-order valence-corrected chi connectivity index (χ0v) is 32.6. The van der Waals surface area contributed by atoms with Crippen LogP contribution in [0.5, 0.6) is 0 Å². The summed E-state index contributed by atoms with van der Waals surface area (Å²) < 4.78 is 16.8. The second kappa shape index (κ2) is 10.6. The Morgan fingerprint density at radius 3 is 1.28 bits per heavy atom. The molecule has 7 heterocycles. The van der Waals surface area contributed by atoms with Crippen molar-refractivity contribution < 1.29 is 8.83 Å². The van der Waals surface area contributed by atoms with Gasteiger partial charge in [-0.15, -0.1) is 0 Å². The number of nitrogens with zero attached hydrogens (tertiary/aromatic N) is 3. The van der Waals surface area contributed by atoms with Crippen LogP contribution in [0.15, 0.2) is 185 Å². The second-order valence-electron chi connectivity index (χ2n) is 17.1. The van der Waals surface area contributed by atoms with E-state index in [-0.39, 0.29) is 13.4 Å². The van der Waals surface area contributed by atoms with Crippen molar-refractivity contribution in [2.75, 3.05) is 9.80 Å². The van der Waals surface area contributed by atoms with Crippen LogP contribution in [0.1, 0.15) is 0 Å². The molecule has 61 heavy (non-hydrogen) atoms. The Hall–Kier alpha value is -7.89. The van der Waals surface area contributed by atoms with Gasteiger partial charge in [-0.1, -0.05) is 121 Å². The molecule has 4 aliphatic heterocycles. The first-order valence-corrected chi connectivity index (χ1v) is 21.2. The van der Waals surface area contributed by atoms with E-state index >= 15 is 0 Å². The minimum absolute atomic E-state index is 0.0421. The van der Waals surface area contributed by atoms with Gasteiger partial charge in [-0.05, 0) is 87.4 Å². The molecular formula is C54H29B2N3O2. The summed E-state index contributed by atoms with van der Waals surface area (Å²) in [6, 6.07) is 64.5. The summed E-state index contributed by atoms with van der Waals surface area (Å²) in [5, 5.41) is 6.79. The molecule has 0 N–H and O–H groups in total. The van der Waals surface area contributed by atoms with Crippen LogP contribution < -0.4 is 42.6 Å². The first-order chi connectivity index (χ1) is 30.3. The van der Waals surface area contributed by atoms with Gasteiger partial charge in [-0.3, -0.25) is 0 Å². The number of para-hydroxylation sites is 6. The highest BCUT2D eigenvalue weighted by atomic mass is 16.3. The van der Waals surface area contributed by atoms with Crippen LogP contribution in [0.4, 0.5) is 34.1 Å². The van der Waals surface area contributed by atoms with E-state index in [0.29, 0.717) is 0 Å². The zero-order valence-electron chi connectivity index (χ0n) is 32.6. The van der Waals surface area contributed by atoms with Crippen molar-refractivity contribution >= 4 is 146 Å². The lowest BCUT2D eigenvalue weighted by Crippen LogP contribution is -2.67. The average Bonchev–Trinajstić information content (AvgIpc) is 4.00. The number of hydrogen-bond acceptors (Lipinski definition) is 4. The molecule has 5 nitrogen and oxygen atoms in total. The summed E-state index contributed by atoms with van der Waals surface area (Å²) in [6.07, 6.45) is 0. The number of fused-ring (bicyclic) bond motifs is 15. The van der Waals surface area contributed by atoms with Gasteiger partial charge in [0.2, 0.25) is 0 Å². The summed E-state index contributed by atoms with van der Waals surface area (Å²) in [5.41, 5.74) is 22.3. The largest absolute Gasteiger partial charge is 0.455 e. The highest BCUT2D eigenvalue weighted by molar-refractivity contribution is 7.04. The van der Waals surface area contributed by atoms with Crippen LogP contribution in [0.3, 0.4) is 0 Å². The second-order valence-corrected chi connectivity index (χ2v) is 17.1. The van der Waals surface area contributed by atoms with Crippen molar-refractivity contribution in [1.82, 2.24) is 4.57 Å². The van der Waals surface area contributed by atoms with Gasteiger partial charge in [0.05, 0.1) is 21.8 Å². The molecule has 7 heteroatoms. The summed E-state index contributed by atoms with van der Waals surface area (Å²) >= 11 is 0. The van der Waals surface area contributed by atoms with E-state index in [4.69, 9.17) is 8.83 Å². The first-order valence-electron chi connectivity index (χ1n) is 21.2. The Balaban J connectivity index is 1.21. The Morgan fingerprint density at radius 1 is 0.361 bits per heavy atom. The fourth-order valence-electron chi connectivity index (χ4n) is 12.1. The average molecular weight is 773 g/mol. The predicted molar refractivity (Wildman–Crippen MR) is 254 cm³/mol. The van der Waals surface area contributed by atoms with E-state index in [1.54, 1.807) is 0 Å². The van der Waals surface area contributed by atoms with E-state index < -0.39 is 0 Å². The maximum absolute atomic E-state index is 7.08. The monoisotopic (exact) mass is 773 g/mol. The highest BCUT2D eigenvalue weighted by Crippen LogP contribution is 2.50. The fraction of sp³-hybridized carbons (Fsp3) is 0. The lowest BCUT2D eigenvalue weighted by molar-refractivity contribution is 0.670. The van der Waals surface area contributed by atoms with Crippen molar-refractivity contribution in [3.63, 3.8) is 0 Å². The standard InChI is InChI=1S/C54H29B2N3O2/c1-3-15-30(16-4-1)57-40-23-11-9-21-36(40)55-38-27-34-32-19-7-13-25-44(32)60-53(34)46-47-51-39(28-35-33-20-8-14-26-45(33)61-54(35)47)56-37-22-10-12-24-41(37)58(31-17-5-2-6-18-31)43-29-42(57)48(55)52(49(43)56)59(51)50(38)46/h1-29H. The lowest BCUT2D eigenvalue weighted by Gasteiger charge is -2.46. The Morgan fingerprint density at radius 2 is 0.787 bits per heavy atom. The number of furan rings is 2. The molecule has 0 unspecified atom stereocenters. The van der Waals surface area contributed by atoms with Gasteiger partial charge in [-0.25, -0.2) is 0 Å². The third-order valence-corrected chi connectivity index (χ3v) is 14.3. The van der Waals surface area contributed by atoms with Crippen LogP contribution in [0.2, 0.25) is 0 Å². The van der Waals surface area contributed by atoms with Crippen molar-refractivity contribution in [1.29, 1.82) is 0 Å². The molecule has 0 radical (unpaired) electrons. The Bertz CT molecular complexity index is 3730. The third-order valence-electron chi connectivity index (χ3n) is 14.3. The molecule has 3 aromatic heterocycles. The lowest BCUT2D eigenvalue weighted by atomic mass is 9.29. The van der Waals surface area contributed by atoms with E-state index in [9.17, 15) is 0 Å². The van der Waals surface area contributed by atoms with Crippen LogP contribution in [-0.2, 0) is 0 Å². The number of benzene rings is 9. The van der Waals surface area contributed by atoms with Gasteiger partial charge in [0.15, 0.2) is 0 Å². The van der Waals surface area contributed by atoms with Crippen LogP contribution in [-0.4, -0.2) is 18.0 Å². The topological polar surface area (TPSA) is 37.7 Å². The summed E-state index contributed by atoms with van der Waals surface area (Å²) in [5.74, 6) is 0. The molecule has 0 amide bonds. The highest BCUT2D eigenvalue weighted by Gasteiger charge is 2.51. The van der Waals surface area contributed by atoms with Crippen LogP contribution in [0.25, 0.3) is 71.4 Å². The molecular weight excluding hydrogens is 744 g/mol. The molecule has 0 bridgehead atoms. The molecule has 0 saturated carbocycles.